The molecule has 0 saturated heterocycles. The summed E-state index contributed by atoms with van der Waals surface area (Å²) in [5, 5.41) is 17.5. The molecule has 4 heteroatoms. The van der Waals surface area contributed by atoms with Gasteiger partial charge in [-0.05, 0) is 18.8 Å². The molecule has 0 amide bonds. The van der Waals surface area contributed by atoms with Gasteiger partial charge in [0.2, 0.25) is 0 Å². The normalized spacial score (nSPS) is 15.1. The topological polar surface area (TPSA) is 74.6 Å². The summed E-state index contributed by atoms with van der Waals surface area (Å²) in [6, 6.07) is 0. The number of carboxylic acid groups (broad SMARTS) is 2. The van der Waals surface area contributed by atoms with Crippen LogP contribution < -0.4 is 0 Å². The quantitative estimate of drug-likeness (QED) is 0.689. The van der Waals surface area contributed by atoms with Crippen LogP contribution in [0.5, 0.6) is 0 Å². The second-order valence-corrected chi connectivity index (χ2v) is 4.01. The monoisotopic (exact) mass is 202 g/mol. The third kappa shape index (κ3) is 4.25. The van der Waals surface area contributed by atoms with Crippen molar-refractivity contribution < 1.29 is 19.8 Å². The lowest BCUT2D eigenvalue weighted by molar-refractivity contribution is -0.145. The van der Waals surface area contributed by atoms with Gasteiger partial charge in [-0.25, -0.2) is 0 Å². The van der Waals surface area contributed by atoms with E-state index in [2.05, 4.69) is 0 Å². The Bertz CT molecular complexity index is 210. The highest BCUT2D eigenvalue weighted by Gasteiger charge is 2.23. The first-order valence-electron chi connectivity index (χ1n) is 4.81. The van der Waals surface area contributed by atoms with Crippen molar-refractivity contribution in [1.29, 1.82) is 0 Å². The summed E-state index contributed by atoms with van der Waals surface area (Å²) in [5.74, 6) is -2.55. The molecule has 0 aliphatic rings. The minimum absolute atomic E-state index is 0.0495. The summed E-state index contributed by atoms with van der Waals surface area (Å²) >= 11 is 0. The second kappa shape index (κ2) is 5.62. The fraction of sp³-hybridized carbons (Fsp3) is 0.800. The van der Waals surface area contributed by atoms with E-state index in [1.54, 1.807) is 6.92 Å². The Kier molecular flexibility index (Phi) is 5.20. The second-order valence-electron chi connectivity index (χ2n) is 4.01. The summed E-state index contributed by atoms with van der Waals surface area (Å²) in [7, 11) is 0. The smallest absolute Gasteiger partial charge is 0.306 e. The largest absolute Gasteiger partial charge is 0.481 e. The van der Waals surface area contributed by atoms with Crippen molar-refractivity contribution in [2.75, 3.05) is 0 Å². The average Bonchev–Trinajstić information content (AvgIpc) is 2.02. The van der Waals surface area contributed by atoms with Gasteiger partial charge in [-0.1, -0.05) is 20.8 Å². The van der Waals surface area contributed by atoms with E-state index in [1.807, 2.05) is 13.8 Å². The van der Waals surface area contributed by atoms with Gasteiger partial charge in [-0.3, -0.25) is 9.59 Å². The number of hydrogen-bond acceptors (Lipinski definition) is 2. The van der Waals surface area contributed by atoms with E-state index >= 15 is 0 Å². The first-order chi connectivity index (χ1) is 6.36. The third-order valence-corrected chi connectivity index (χ3v) is 2.45. The van der Waals surface area contributed by atoms with Crippen LogP contribution in [0, 0.1) is 17.8 Å². The molecule has 2 atom stereocenters. The van der Waals surface area contributed by atoms with Gasteiger partial charge < -0.3 is 10.2 Å². The van der Waals surface area contributed by atoms with Crippen LogP contribution in [0.15, 0.2) is 0 Å². The zero-order valence-electron chi connectivity index (χ0n) is 8.86. The Labute approximate surface area is 83.9 Å². The van der Waals surface area contributed by atoms with Gasteiger partial charge in [0.25, 0.3) is 0 Å². The van der Waals surface area contributed by atoms with Crippen molar-refractivity contribution >= 4 is 11.9 Å². The van der Waals surface area contributed by atoms with Crippen LogP contribution in [0.1, 0.15) is 33.6 Å². The van der Waals surface area contributed by atoms with Crippen LogP contribution in [0.2, 0.25) is 0 Å². The van der Waals surface area contributed by atoms with Crippen LogP contribution in [-0.4, -0.2) is 22.2 Å². The van der Waals surface area contributed by atoms with E-state index in [0.29, 0.717) is 12.8 Å². The van der Waals surface area contributed by atoms with Gasteiger partial charge in [0.15, 0.2) is 0 Å². The van der Waals surface area contributed by atoms with Crippen molar-refractivity contribution in [1.82, 2.24) is 0 Å². The molecule has 2 N–H and O–H groups in total. The summed E-state index contributed by atoms with van der Waals surface area (Å²) in [5.41, 5.74) is 0. The molecule has 0 fully saturated rings. The molecule has 0 radical (unpaired) electrons. The lowest BCUT2D eigenvalue weighted by Gasteiger charge is -2.16. The zero-order valence-corrected chi connectivity index (χ0v) is 8.86. The van der Waals surface area contributed by atoms with Crippen LogP contribution in [0.25, 0.3) is 0 Å². The minimum Gasteiger partial charge on any atom is -0.481 e. The summed E-state index contributed by atoms with van der Waals surface area (Å²) in [6.45, 7) is 5.27. The molecule has 0 aromatic rings. The lowest BCUT2D eigenvalue weighted by atomic mass is 9.88. The van der Waals surface area contributed by atoms with Gasteiger partial charge in [-0.2, -0.15) is 0 Å². The van der Waals surface area contributed by atoms with Crippen molar-refractivity contribution in [2.45, 2.75) is 33.6 Å². The van der Waals surface area contributed by atoms with Crippen LogP contribution in [0.4, 0.5) is 0 Å². The molecule has 0 unspecified atom stereocenters. The minimum atomic E-state index is -0.863. The maximum Gasteiger partial charge on any atom is 0.306 e. The van der Waals surface area contributed by atoms with Gasteiger partial charge in [0.05, 0.1) is 11.8 Å². The molecular formula is C10H18O4. The first kappa shape index (κ1) is 12.9. The van der Waals surface area contributed by atoms with Crippen molar-refractivity contribution in [3.05, 3.63) is 0 Å². The highest BCUT2D eigenvalue weighted by atomic mass is 16.4. The summed E-state index contributed by atoms with van der Waals surface area (Å²) in [6.07, 6.45) is 0.852. The highest BCUT2D eigenvalue weighted by molar-refractivity contribution is 5.71. The third-order valence-electron chi connectivity index (χ3n) is 2.45. The van der Waals surface area contributed by atoms with Gasteiger partial charge in [0.1, 0.15) is 0 Å². The Balaban J connectivity index is 4.07. The maximum absolute atomic E-state index is 10.8. The van der Waals surface area contributed by atoms with Gasteiger partial charge >= 0.3 is 11.9 Å². The Morgan fingerprint density at radius 1 is 1.00 bits per heavy atom. The van der Waals surface area contributed by atoms with E-state index < -0.39 is 23.8 Å². The molecule has 4 nitrogen and oxygen atoms in total. The molecule has 0 aliphatic carbocycles. The molecule has 14 heavy (non-hydrogen) atoms. The average molecular weight is 202 g/mol. The van der Waals surface area contributed by atoms with Crippen molar-refractivity contribution in [3.63, 3.8) is 0 Å². The summed E-state index contributed by atoms with van der Waals surface area (Å²) in [4.78, 5) is 21.3. The Hall–Kier alpha value is -1.06. The molecule has 82 valence electrons. The molecule has 0 aromatic carbocycles. The zero-order chi connectivity index (χ0) is 11.3. The predicted molar refractivity (Wildman–Crippen MR) is 52.0 cm³/mol. The molecule has 0 aliphatic heterocycles. The fourth-order valence-corrected chi connectivity index (χ4v) is 1.29. The molecule has 0 rings (SSSR count). The van der Waals surface area contributed by atoms with E-state index in [4.69, 9.17) is 10.2 Å². The number of aliphatic carboxylic acids is 2. The molecule has 0 bridgehead atoms. The van der Waals surface area contributed by atoms with E-state index in [1.165, 1.54) is 0 Å². The van der Waals surface area contributed by atoms with Crippen molar-refractivity contribution in [2.24, 2.45) is 17.8 Å². The molecule has 0 spiro atoms. The summed E-state index contributed by atoms with van der Waals surface area (Å²) < 4.78 is 0. The molecular weight excluding hydrogens is 184 g/mol. The highest BCUT2D eigenvalue weighted by Crippen LogP contribution is 2.20. The van der Waals surface area contributed by atoms with E-state index in [0.717, 1.165) is 0 Å². The molecule has 0 heterocycles. The van der Waals surface area contributed by atoms with Crippen LogP contribution >= 0.6 is 0 Å². The number of carbonyl (C=O) groups is 2. The molecule has 0 aromatic heterocycles. The van der Waals surface area contributed by atoms with Crippen LogP contribution in [0.3, 0.4) is 0 Å². The Morgan fingerprint density at radius 2 is 1.50 bits per heavy atom. The van der Waals surface area contributed by atoms with E-state index in [-0.39, 0.29) is 5.92 Å². The first-order valence-corrected chi connectivity index (χ1v) is 4.81. The SMILES string of the molecule is CC(C)[C@@H](CC[C@H](C)C(=O)O)C(=O)O. The fourth-order valence-electron chi connectivity index (χ4n) is 1.29. The standard InChI is InChI=1S/C10H18O4/c1-6(2)8(10(13)14)5-4-7(3)9(11)12/h6-8H,4-5H2,1-3H3,(H,11,12)(H,13,14)/t7-,8+/m0/s1. The van der Waals surface area contributed by atoms with E-state index in [9.17, 15) is 9.59 Å². The van der Waals surface area contributed by atoms with Crippen LogP contribution in [-0.2, 0) is 9.59 Å². The maximum atomic E-state index is 10.8. The number of carboxylic acids is 2. The predicted octanol–water partition coefficient (Wildman–Crippen LogP) is 1.84. The van der Waals surface area contributed by atoms with Gasteiger partial charge in [-0.15, -0.1) is 0 Å². The van der Waals surface area contributed by atoms with Crippen molar-refractivity contribution in [3.8, 4) is 0 Å². The number of rotatable bonds is 6. The molecule has 0 saturated carbocycles. The number of hydrogen-bond donors (Lipinski definition) is 2. The van der Waals surface area contributed by atoms with Gasteiger partial charge in [0, 0.05) is 0 Å². The Morgan fingerprint density at radius 3 is 1.79 bits per heavy atom. The lowest BCUT2D eigenvalue weighted by Crippen LogP contribution is -2.21.